The third-order valence-corrected chi connectivity index (χ3v) is 3.47. The third-order valence-electron chi connectivity index (χ3n) is 3.47. The maximum atomic E-state index is 5.56. The average Bonchev–Trinajstić information content (AvgIpc) is 2.77. The molecular formula is C16H11NO. The summed E-state index contributed by atoms with van der Waals surface area (Å²) in [6, 6.07) is 14.3. The van der Waals surface area contributed by atoms with Gasteiger partial charge in [0.2, 0.25) is 0 Å². The molecule has 0 amide bonds. The molecule has 0 aliphatic heterocycles. The van der Waals surface area contributed by atoms with Crippen molar-refractivity contribution >= 4 is 32.8 Å². The Kier molecular flexibility index (Phi) is 1.78. The van der Waals surface area contributed by atoms with E-state index in [1.54, 1.807) is 6.26 Å². The fraction of sp³-hybridized carbons (Fsp3) is 0.0625. The van der Waals surface area contributed by atoms with E-state index in [1.807, 2.05) is 18.2 Å². The first kappa shape index (κ1) is 9.66. The van der Waals surface area contributed by atoms with Gasteiger partial charge in [-0.1, -0.05) is 18.2 Å². The number of para-hydroxylation sites is 1. The topological polar surface area (TPSA) is 26.0 Å². The first-order chi connectivity index (χ1) is 8.84. The number of aryl methyl sites for hydroxylation is 1. The molecule has 0 N–H and O–H groups in total. The van der Waals surface area contributed by atoms with E-state index >= 15 is 0 Å². The molecule has 0 spiro atoms. The molecule has 0 saturated heterocycles. The van der Waals surface area contributed by atoms with Crippen LogP contribution in [0.5, 0.6) is 0 Å². The molecule has 0 bridgehead atoms. The van der Waals surface area contributed by atoms with Crippen LogP contribution in [0.2, 0.25) is 0 Å². The van der Waals surface area contributed by atoms with E-state index in [1.165, 1.54) is 16.3 Å². The Morgan fingerprint density at radius 3 is 2.78 bits per heavy atom. The van der Waals surface area contributed by atoms with Crippen LogP contribution in [0.1, 0.15) is 5.56 Å². The molecule has 2 aromatic carbocycles. The normalized spacial score (nSPS) is 11.6. The molecule has 0 aliphatic rings. The fourth-order valence-electron chi connectivity index (χ4n) is 2.60. The van der Waals surface area contributed by atoms with Crippen LogP contribution in [0.15, 0.2) is 53.1 Å². The number of nitrogens with zero attached hydrogens (tertiary/aromatic N) is 1. The number of benzene rings is 2. The Bertz CT molecular complexity index is 889. The second kappa shape index (κ2) is 3.33. The van der Waals surface area contributed by atoms with Gasteiger partial charge in [-0.15, -0.1) is 0 Å². The standard InChI is InChI=1S/C16H11NO/c1-10-8-9-18-14-7-6-12-11-4-2-3-5-13(11)17-16(12)15(10)14/h2-9H,1H3. The summed E-state index contributed by atoms with van der Waals surface area (Å²) in [5.41, 5.74) is 4.17. The molecular weight excluding hydrogens is 222 g/mol. The molecule has 0 radical (unpaired) electrons. The predicted octanol–water partition coefficient (Wildman–Crippen LogP) is 4.44. The third kappa shape index (κ3) is 1.15. The number of aromatic nitrogens is 1. The largest absolute Gasteiger partial charge is 0.464 e. The molecule has 2 heteroatoms. The maximum Gasteiger partial charge on any atom is 0.136 e. The fourth-order valence-corrected chi connectivity index (χ4v) is 2.60. The van der Waals surface area contributed by atoms with E-state index in [2.05, 4.69) is 31.2 Å². The van der Waals surface area contributed by atoms with Gasteiger partial charge in [0.1, 0.15) is 5.58 Å². The lowest BCUT2D eigenvalue weighted by atomic mass is 10.1. The van der Waals surface area contributed by atoms with Crippen LogP contribution >= 0.6 is 0 Å². The van der Waals surface area contributed by atoms with E-state index in [4.69, 9.17) is 9.40 Å². The van der Waals surface area contributed by atoms with Crippen LogP contribution in [0.4, 0.5) is 0 Å². The molecule has 0 atom stereocenters. The Morgan fingerprint density at radius 1 is 0.944 bits per heavy atom. The summed E-state index contributed by atoms with van der Waals surface area (Å²) in [6.07, 6.45) is 1.73. The van der Waals surface area contributed by atoms with Crippen LogP contribution in [-0.2, 0) is 0 Å². The molecule has 2 aromatic heterocycles. The molecule has 4 aromatic rings. The van der Waals surface area contributed by atoms with Gasteiger partial charge >= 0.3 is 0 Å². The smallest absolute Gasteiger partial charge is 0.136 e. The van der Waals surface area contributed by atoms with Gasteiger partial charge in [-0.05, 0) is 36.8 Å². The van der Waals surface area contributed by atoms with E-state index in [0.717, 1.165) is 22.0 Å². The van der Waals surface area contributed by atoms with Gasteiger partial charge in [0.05, 0.1) is 17.3 Å². The zero-order chi connectivity index (χ0) is 12.1. The Balaban J connectivity index is 2.35. The summed E-state index contributed by atoms with van der Waals surface area (Å²) < 4.78 is 5.56. The van der Waals surface area contributed by atoms with Crippen LogP contribution in [-0.4, -0.2) is 4.98 Å². The summed E-state index contributed by atoms with van der Waals surface area (Å²) in [6.45, 7) is 2.09. The highest BCUT2D eigenvalue weighted by Crippen LogP contribution is 2.32. The Hall–Kier alpha value is -2.35. The molecule has 18 heavy (non-hydrogen) atoms. The Labute approximate surface area is 104 Å². The lowest BCUT2D eigenvalue weighted by molar-refractivity contribution is 0.603. The second-order valence-corrected chi connectivity index (χ2v) is 4.57. The highest BCUT2D eigenvalue weighted by molar-refractivity contribution is 6.16. The highest BCUT2D eigenvalue weighted by atomic mass is 16.3. The minimum absolute atomic E-state index is 0.894. The van der Waals surface area contributed by atoms with Gasteiger partial charge in [0, 0.05) is 16.2 Å². The first-order valence-electron chi connectivity index (χ1n) is 6.00. The molecule has 0 aliphatic carbocycles. The zero-order valence-electron chi connectivity index (χ0n) is 9.97. The molecule has 0 fully saturated rings. The van der Waals surface area contributed by atoms with Crippen molar-refractivity contribution in [2.24, 2.45) is 0 Å². The second-order valence-electron chi connectivity index (χ2n) is 4.57. The minimum atomic E-state index is 0.894. The molecule has 86 valence electrons. The number of fused-ring (bicyclic) bond motifs is 5. The summed E-state index contributed by atoms with van der Waals surface area (Å²) in [5.74, 6) is 0. The summed E-state index contributed by atoms with van der Waals surface area (Å²) in [7, 11) is 0. The van der Waals surface area contributed by atoms with E-state index in [-0.39, 0.29) is 0 Å². The minimum Gasteiger partial charge on any atom is -0.464 e. The lowest BCUT2D eigenvalue weighted by Gasteiger charge is -2.01. The van der Waals surface area contributed by atoms with E-state index < -0.39 is 0 Å². The molecule has 2 nitrogen and oxygen atoms in total. The average molecular weight is 233 g/mol. The van der Waals surface area contributed by atoms with Crippen molar-refractivity contribution in [2.45, 2.75) is 6.92 Å². The van der Waals surface area contributed by atoms with Crippen LogP contribution < -0.4 is 0 Å². The van der Waals surface area contributed by atoms with Crippen LogP contribution in [0.3, 0.4) is 0 Å². The maximum absolute atomic E-state index is 5.56. The number of hydrogen-bond donors (Lipinski definition) is 0. The molecule has 2 heterocycles. The van der Waals surface area contributed by atoms with Gasteiger partial charge in [-0.2, -0.15) is 0 Å². The molecule has 4 rings (SSSR count). The van der Waals surface area contributed by atoms with Crippen molar-refractivity contribution in [3.05, 3.63) is 54.3 Å². The number of hydrogen-bond acceptors (Lipinski definition) is 2. The van der Waals surface area contributed by atoms with Crippen LogP contribution in [0, 0.1) is 6.92 Å². The predicted molar refractivity (Wildman–Crippen MR) is 73.8 cm³/mol. The summed E-state index contributed by atoms with van der Waals surface area (Å²) in [5, 5.41) is 3.52. The first-order valence-corrected chi connectivity index (χ1v) is 6.00. The van der Waals surface area contributed by atoms with Gasteiger partial charge in [0.25, 0.3) is 0 Å². The highest BCUT2D eigenvalue weighted by Gasteiger charge is 2.10. The number of rotatable bonds is 0. The SMILES string of the molecule is Cc1ccoc2ccc3c4ccccc4nc3c12. The quantitative estimate of drug-likeness (QED) is 0.448. The van der Waals surface area contributed by atoms with Crippen molar-refractivity contribution in [3.8, 4) is 0 Å². The molecule has 0 unspecified atom stereocenters. The van der Waals surface area contributed by atoms with Crippen molar-refractivity contribution < 1.29 is 4.42 Å². The van der Waals surface area contributed by atoms with E-state index in [9.17, 15) is 0 Å². The van der Waals surface area contributed by atoms with Gasteiger partial charge < -0.3 is 4.42 Å². The molecule has 0 saturated carbocycles. The van der Waals surface area contributed by atoms with Gasteiger partial charge in [0.15, 0.2) is 0 Å². The monoisotopic (exact) mass is 233 g/mol. The van der Waals surface area contributed by atoms with Crippen LogP contribution in [0.25, 0.3) is 32.8 Å². The van der Waals surface area contributed by atoms with Crippen molar-refractivity contribution in [2.75, 3.05) is 0 Å². The summed E-state index contributed by atoms with van der Waals surface area (Å²) >= 11 is 0. The van der Waals surface area contributed by atoms with Crippen molar-refractivity contribution in [1.82, 2.24) is 4.98 Å². The van der Waals surface area contributed by atoms with E-state index in [0.29, 0.717) is 0 Å². The van der Waals surface area contributed by atoms with Gasteiger partial charge in [-0.25, -0.2) is 4.98 Å². The van der Waals surface area contributed by atoms with Gasteiger partial charge in [-0.3, -0.25) is 0 Å². The summed E-state index contributed by atoms with van der Waals surface area (Å²) in [4.78, 5) is 4.74. The Morgan fingerprint density at radius 2 is 1.83 bits per heavy atom. The van der Waals surface area contributed by atoms with Crippen molar-refractivity contribution in [1.29, 1.82) is 0 Å². The van der Waals surface area contributed by atoms with Crippen molar-refractivity contribution in [3.63, 3.8) is 0 Å². The lowest BCUT2D eigenvalue weighted by Crippen LogP contribution is -1.80. The zero-order valence-corrected chi connectivity index (χ0v) is 9.97.